The summed E-state index contributed by atoms with van der Waals surface area (Å²) in [5, 5.41) is 13.1. The number of benzene rings is 2. The first-order chi connectivity index (χ1) is 11.9. The molecule has 0 amide bonds. The van der Waals surface area contributed by atoms with E-state index in [2.05, 4.69) is 13.8 Å². The Morgan fingerprint density at radius 3 is 2.40 bits per heavy atom. The smallest absolute Gasteiger partial charge is 0.258 e. The number of hydrogen-bond acceptors (Lipinski definition) is 4. The van der Waals surface area contributed by atoms with Crippen LogP contribution in [0.4, 0.5) is 5.69 Å². The summed E-state index contributed by atoms with van der Waals surface area (Å²) < 4.78 is 1.45. The molecule has 0 saturated carbocycles. The largest absolute Gasteiger partial charge is 0.622 e. The van der Waals surface area contributed by atoms with Gasteiger partial charge in [-0.15, -0.1) is 11.8 Å². The molecule has 1 heterocycles. The van der Waals surface area contributed by atoms with E-state index >= 15 is 0 Å². The van der Waals surface area contributed by atoms with Gasteiger partial charge in [-0.3, -0.25) is 4.90 Å². The van der Waals surface area contributed by atoms with E-state index in [0.717, 1.165) is 20.3 Å². The fraction of sp³-hybridized carbons (Fsp3) is 0.263. The third-order valence-electron chi connectivity index (χ3n) is 4.08. The molecule has 2 aromatic carbocycles. The number of thioether (sulfide) groups is 2. The van der Waals surface area contributed by atoms with Gasteiger partial charge in [-0.1, -0.05) is 42.2 Å². The van der Waals surface area contributed by atoms with Crippen molar-refractivity contribution in [3.63, 3.8) is 0 Å². The Labute approximate surface area is 162 Å². The number of anilines is 1. The zero-order valence-corrected chi connectivity index (χ0v) is 16.8. The quantitative estimate of drug-likeness (QED) is 0.184. The van der Waals surface area contributed by atoms with Crippen molar-refractivity contribution in [2.75, 3.05) is 11.2 Å². The van der Waals surface area contributed by atoms with Crippen LogP contribution in [0, 0.1) is 5.21 Å². The zero-order valence-electron chi connectivity index (χ0n) is 14.4. The average molecular weight is 389 g/mol. The molecule has 2 aromatic rings. The van der Waals surface area contributed by atoms with Gasteiger partial charge in [0.25, 0.3) is 6.17 Å². The van der Waals surface area contributed by atoms with Gasteiger partial charge in [0.1, 0.15) is 9.07 Å². The minimum atomic E-state index is -0.396. The summed E-state index contributed by atoms with van der Waals surface area (Å²) in [6.07, 6.45) is 3.30. The predicted octanol–water partition coefficient (Wildman–Crippen LogP) is 4.98. The third kappa shape index (κ3) is 3.86. The molecule has 1 atom stereocenters. The monoisotopic (exact) mass is 388 g/mol. The molecule has 0 bridgehead atoms. The number of thiocarbonyl (C=S) groups is 1. The minimum Gasteiger partial charge on any atom is -0.622 e. The van der Waals surface area contributed by atoms with Crippen LogP contribution in [-0.2, 0) is 0 Å². The van der Waals surface area contributed by atoms with Crippen LogP contribution in [0.5, 0.6) is 0 Å². The van der Waals surface area contributed by atoms with Gasteiger partial charge in [0.05, 0.1) is 0 Å². The first-order valence-corrected chi connectivity index (χ1v) is 10.4. The molecule has 0 aromatic heterocycles. The summed E-state index contributed by atoms with van der Waals surface area (Å²) in [6.45, 7) is 4.13. The van der Waals surface area contributed by atoms with Crippen molar-refractivity contribution in [2.45, 2.75) is 29.7 Å². The van der Waals surface area contributed by atoms with Crippen LogP contribution in [-0.4, -0.2) is 32.4 Å². The molecule has 0 radical (unpaired) electrons. The SMILES string of the molecule is CSc1ccc(C=[N+]([O-])C2N(c3ccccc3)C(=S)SC2(C)C)cc1. The molecule has 25 heavy (non-hydrogen) atoms. The highest BCUT2D eigenvalue weighted by molar-refractivity contribution is 8.24. The Morgan fingerprint density at radius 1 is 1.16 bits per heavy atom. The highest BCUT2D eigenvalue weighted by Crippen LogP contribution is 2.43. The highest BCUT2D eigenvalue weighted by atomic mass is 32.2. The lowest BCUT2D eigenvalue weighted by Crippen LogP contribution is -2.48. The second kappa shape index (κ2) is 7.40. The van der Waals surface area contributed by atoms with Gasteiger partial charge in [-0.05, 0) is 56.5 Å². The third-order valence-corrected chi connectivity index (χ3v) is 6.38. The van der Waals surface area contributed by atoms with Crippen LogP contribution in [0.15, 0.2) is 59.5 Å². The summed E-state index contributed by atoms with van der Waals surface area (Å²) in [7, 11) is 0. The Balaban J connectivity index is 1.98. The number of para-hydroxylation sites is 1. The highest BCUT2D eigenvalue weighted by Gasteiger charge is 2.51. The lowest BCUT2D eigenvalue weighted by Gasteiger charge is -2.29. The van der Waals surface area contributed by atoms with Crippen molar-refractivity contribution in [1.82, 2.24) is 0 Å². The molecule has 1 aliphatic heterocycles. The maximum Gasteiger partial charge on any atom is 0.258 e. The lowest BCUT2D eigenvalue weighted by molar-refractivity contribution is -0.497. The van der Waals surface area contributed by atoms with Gasteiger partial charge < -0.3 is 5.21 Å². The van der Waals surface area contributed by atoms with Gasteiger partial charge in [-0.2, -0.15) is 4.74 Å². The molecule has 3 rings (SSSR count). The topological polar surface area (TPSA) is 29.3 Å². The fourth-order valence-electron chi connectivity index (χ4n) is 2.90. The Morgan fingerprint density at radius 2 is 1.80 bits per heavy atom. The summed E-state index contributed by atoms with van der Waals surface area (Å²) in [6, 6.07) is 17.9. The van der Waals surface area contributed by atoms with E-state index in [9.17, 15) is 5.21 Å². The Bertz CT molecular complexity index is 788. The summed E-state index contributed by atoms with van der Waals surface area (Å²) >= 11 is 8.83. The molecule has 1 fully saturated rings. The molecule has 0 N–H and O–H groups in total. The molecule has 1 saturated heterocycles. The molecule has 0 aliphatic carbocycles. The van der Waals surface area contributed by atoms with Gasteiger partial charge >= 0.3 is 0 Å². The second-order valence-electron chi connectivity index (χ2n) is 6.31. The molecular weight excluding hydrogens is 368 g/mol. The summed E-state index contributed by atoms with van der Waals surface area (Å²) in [5.74, 6) is 0. The van der Waals surface area contributed by atoms with Crippen LogP contribution in [0.1, 0.15) is 19.4 Å². The normalized spacial score (nSPS) is 20.1. The van der Waals surface area contributed by atoms with Gasteiger partial charge in [0.15, 0.2) is 6.21 Å². The molecular formula is C19H20N2OS3. The summed E-state index contributed by atoms with van der Waals surface area (Å²) in [5.41, 5.74) is 1.84. The van der Waals surface area contributed by atoms with Crippen molar-refractivity contribution in [1.29, 1.82) is 0 Å². The first kappa shape index (κ1) is 18.3. The number of rotatable bonds is 4. The Kier molecular flexibility index (Phi) is 5.41. The van der Waals surface area contributed by atoms with E-state index in [4.69, 9.17) is 12.2 Å². The van der Waals surface area contributed by atoms with E-state index in [-0.39, 0.29) is 4.75 Å². The minimum absolute atomic E-state index is 0.315. The van der Waals surface area contributed by atoms with Crippen molar-refractivity contribution >= 4 is 52.0 Å². The molecule has 1 aliphatic rings. The Hall–Kier alpha value is -1.50. The molecule has 1 unspecified atom stereocenters. The van der Waals surface area contributed by atoms with Gasteiger partial charge in [-0.25, -0.2) is 0 Å². The maximum atomic E-state index is 13.1. The van der Waals surface area contributed by atoms with E-state index in [1.54, 1.807) is 29.7 Å². The van der Waals surface area contributed by atoms with E-state index in [1.165, 1.54) is 4.90 Å². The molecule has 6 heteroatoms. The lowest BCUT2D eigenvalue weighted by atomic mass is 10.1. The molecule has 130 valence electrons. The van der Waals surface area contributed by atoms with E-state index in [1.807, 2.05) is 65.8 Å². The van der Waals surface area contributed by atoms with E-state index in [0.29, 0.717) is 0 Å². The van der Waals surface area contributed by atoms with Crippen LogP contribution < -0.4 is 4.90 Å². The standard InChI is InChI=1S/C19H20N2OS3/c1-19(2)17(20(22)13-14-9-11-16(24-3)12-10-14)21(18(23)25-19)15-7-5-4-6-8-15/h4-13,17H,1-3H3. The van der Waals surface area contributed by atoms with Crippen LogP contribution in [0.2, 0.25) is 0 Å². The van der Waals surface area contributed by atoms with Crippen molar-refractivity contribution in [2.24, 2.45) is 0 Å². The first-order valence-electron chi connectivity index (χ1n) is 7.94. The van der Waals surface area contributed by atoms with E-state index < -0.39 is 6.17 Å². The van der Waals surface area contributed by atoms with Crippen molar-refractivity contribution in [3.8, 4) is 0 Å². The fourth-order valence-corrected chi connectivity index (χ4v) is 5.23. The van der Waals surface area contributed by atoms with Crippen LogP contribution >= 0.6 is 35.7 Å². The maximum absolute atomic E-state index is 13.1. The van der Waals surface area contributed by atoms with Crippen LogP contribution in [0.3, 0.4) is 0 Å². The van der Waals surface area contributed by atoms with Crippen molar-refractivity contribution in [3.05, 3.63) is 65.4 Å². The van der Waals surface area contributed by atoms with Gasteiger partial charge in [0, 0.05) is 16.1 Å². The number of hydroxylamine groups is 1. The molecule has 3 nitrogen and oxygen atoms in total. The van der Waals surface area contributed by atoms with Crippen molar-refractivity contribution < 1.29 is 4.74 Å². The average Bonchev–Trinajstić information content (AvgIpc) is 2.85. The van der Waals surface area contributed by atoms with Crippen LogP contribution in [0.25, 0.3) is 0 Å². The predicted molar refractivity (Wildman–Crippen MR) is 114 cm³/mol. The second-order valence-corrected chi connectivity index (χ2v) is 9.48. The number of nitrogens with zero attached hydrogens (tertiary/aromatic N) is 2. The molecule has 0 spiro atoms. The zero-order chi connectivity index (χ0) is 18.0. The van der Waals surface area contributed by atoms with Gasteiger partial charge in [0.2, 0.25) is 0 Å². The number of hydrogen-bond donors (Lipinski definition) is 0. The summed E-state index contributed by atoms with van der Waals surface area (Å²) in [4.78, 5) is 3.14.